The molecule has 6 heteroatoms. The van der Waals surface area contributed by atoms with Gasteiger partial charge in [-0.25, -0.2) is 0 Å². The zero-order valence-electron chi connectivity index (χ0n) is 6.03. The van der Waals surface area contributed by atoms with Crippen LogP contribution in [0.5, 0.6) is 0 Å². The van der Waals surface area contributed by atoms with E-state index in [0.29, 0.717) is 7.98 Å². The first-order valence-electron chi connectivity index (χ1n) is 2.75. The third-order valence-electron chi connectivity index (χ3n) is 0.795. The molecule has 0 aromatic heterocycles. The maximum atomic E-state index is 10.8. The predicted octanol–water partition coefficient (Wildman–Crippen LogP) is -1.14. The number of hydrogen-bond acceptors (Lipinski definition) is 3. The minimum atomic E-state index is -0.366. The van der Waals surface area contributed by atoms with Crippen LogP contribution in [0.15, 0.2) is 0 Å². The number of carbonyl (C=O) groups is 2. The van der Waals surface area contributed by atoms with Crippen molar-refractivity contribution in [1.29, 1.82) is 0 Å². The summed E-state index contributed by atoms with van der Waals surface area (Å²) in [5.41, 5.74) is 0. The number of Topliss-reactive ketones (excluding diaryl/α,β-unsaturated/α-hetero) is 1. The molecule has 0 rings (SSSR count). The van der Waals surface area contributed by atoms with Crippen molar-refractivity contribution >= 4 is 24.1 Å². The van der Waals surface area contributed by atoms with E-state index in [1.54, 1.807) is 0 Å². The van der Waals surface area contributed by atoms with Gasteiger partial charge in [0.25, 0.3) is 0 Å². The number of hydrogen-bond donors (Lipinski definition) is 0. The first kappa shape index (κ1) is 12.8. The topological polar surface area (TPSA) is 43.4 Å². The van der Waals surface area contributed by atoms with Crippen molar-refractivity contribution < 1.29 is 72.4 Å². The van der Waals surface area contributed by atoms with Gasteiger partial charge in [0.15, 0.2) is 0 Å². The molecule has 0 aliphatic heterocycles. The molecule has 0 bridgehead atoms. The molecule has 0 N–H and O–H groups in total. The van der Waals surface area contributed by atoms with Crippen LogP contribution in [-0.4, -0.2) is 24.1 Å². The van der Waals surface area contributed by atoms with Crippen molar-refractivity contribution in [3.8, 4) is 0 Å². The number of ether oxygens (including phenoxy) is 1. The number of ketones is 1. The molecule has 0 saturated carbocycles. The summed E-state index contributed by atoms with van der Waals surface area (Å²) in [6.45, 7) is 1.47. The standard InChI is InChI=1S/C6H4O3.3W/c1-5(7)3-4-9-6(2)8;;;/h2H,1H3;;;. The first-order chi connectivity index (χ1) is 5.49. The third-order valence-corrected chi connectivity index (χ3v) is 6.23. The summed E-state index contributed by atoms with van der Waals surface area (Å²) in [5.74, 6) is -0.388. The maximum absolute atomic E-state index is 10.8. The van der Waals surface area contributed by atoms with Gasteiger partial charge in [-0.15, -0.1) is 0 Å². The average Bonchev–Trinajstić information content (AvgIpc) is 2.02. The minimum absolute atomic E-state index is 0.0220. The molecule has 0 radical (unpaired) electrons. The Morgan fingerprint density at radius 3 is 2.17 bits per heavy atom. The van der Waals surface area contributed by atoms with Gasteiger partial charge < -0.3 is 0 Å². The molecule has 0 saturated heterocycles. The molecule has 0 spiro atoms. The number of carbonyl (C=O) groups excluding carboxylic acids is 2. The molecular formula is C6H4O3W3. The first-order valence-corrected chi connectivity index (χ1v) is 7.38. The molecule has 0 unspecified atom stereocenters. The monoisotopic (exact) mass is 676 g/mol. The van der Waals surface area contributed by atoms with Gasteiger partial charge in [-0.1, -0.05) is 0 Å². The van der Waals surface area contributed by atoms with Gasteiger partial charge >= 0.3 is 103 Å². The van der Waals surface area contributed by atoms with Crippen molar-refractivity contribution in [3.05, 3.63) is 0 Å². The van der Waals surface area contributed by atoms with E-state index >= 15 is 0 Å². The fourth-order valence-electron chi connectivity index (χ4n) is 0.305. The predicted molar refractivity (Wildman–Crippen MR) is 32.9 cm³/mol. The van der Waals surface area contributed by atoms with Gasteiger partial charge in [-0.05, 0) is 0 Å². The second-order valence-electron chi connectivity index (χ2n) is 1.71. The van der Waals surface area contributed by atoms with E-state index in [2.05, 4.69) is 0 Å². The Kier molecular flexibility index (Phi) is 6.72. The van der Waals surface area contributed by atoms with E-state index < -0.39 is 0 Å². The Bertz CT molecular complexity index is 269. The van der Waals surface area contributed by atoms with Gasteiger partial charge in [0.2, 0.25) is 0 Å². The van der Waals surface area contributed by atoms with Crippen LogP contribution in [0.4, 0.5) is 0 Å². The van der Waals surface area contributed by atoms with Crippen LogP contribution in [0.3, 0.4) is 0 Å². The summed E-state index contributed by atoms with van der Waals surface area (Å²) in [4.78, 5) is 21.6. The molecule has 0 amide bonds. The third kappa shape index (κ3) is 4.75. The molecule has 0 aliphatic carbocycles. The van der Waals surface area contributed by atoms with Crippen molar-refractivity contribution in [2.75, 3.05) is 0 Å². The fraction of sp³-hybridized carbons (Fsp3) is 0.167. The Hall–Kier alpha value is 0.815. The summed E-state index contributed by atoms with van der Waals surface area (Å²) in [5, 5.41) is 0. The van der Waals surface area contributed by atoms with Crippen LogP contribution >= 0.6 is 0 Å². The summed E-state index contributed by atoms with van der Waals surface area (Å²) in [6, 6.07) is 0. The molecule has 0 fully saturated rings. The van der Waals surface area contributed by atoms with Crippen LogP contribution in [0, 0.1) is 0 Å². The van der Waals surface area contributed by atoms with Gasteiger partial charge in [0, 0.05) is 0 Å². The summed E-state index contributed by atoms with van der Waals surface area (Å²) < 4.78 is 7.38. The van der Waals surface area contributed by atoms with E-state index in [0.717, 1.165) is 58.1 Å². The van der Waals surface area contributed by atoms with Crippen molar-refractivity contribution in [3.63, 3.8) is 0 Å². The molecule has 3 nitrogen and oxygen atoms in total. The summed E-state index contributed by atoms with van der Waals surface area (Å²) >= 11 is 3.10. The normalized spacial score (nSPS) is 8.42. The van der Waals surface area contributed by atoms with Crippen LogP contribution in [-0.2, 0) is 72.4 Å². The van der Waals surface area contributed by atoms with Gasteiger partial charge in [-0.3, -0.25) is 0 Å². The van der Waals surface area contributed by atoms with Crippen molar-refractivity contribution in [2.24, 2.45) is 0 Å². The molecule has 0 aliphatic rings. The molecule has 0 atom stereocenters. The molecule has 0 aromatic rings. The average molecular weight is 676 g/mol. The Labute approximate surface area is 102 Å². The Balaban J connectivity index is 4.23. The molecule has 0 aromatic carbocycles. The van der Waals surface area contributed by atoms with Gasteiger partial charge in [0.1, 0.15) is 0 Å². The van der Waals surface area contributed by atoms with Gasteiger partial charge in [0.05, 0.1) is 0 Å². The molecular weight excluding hydrogens is 672 g/mol. The quantitative estimate of drug-likeness (QED) is 0.355. The summed E-state index contributed by atoms with van der Waals surface area (Å²) in [7, 11) is 0. The number of esters is 1. The van der Waals surface area contributed by atoms with E-state index in [9.17, 15) is 9.59 Å². The van der Waals surface area contributed by atoms with Gasteiger partial charge in [-0.2, -0.15) is 0 Å². The van der Waals surface area contributed by atoms with E-state index in [4.69, 9.17) is 4.74 Å². The van der Waals surface area contributed by atoms with Crippen LogP contribution in [0.1, 0.15) is 6.92 Å². The number of rotatable bonds is 4. The van der Waals surface area contributed by atoms with Crippen LogP contribution < -0.4 is 0 Å². The van der Waals surface area contributed by atoms with Crippen molar-refractivity contribution in [2.45, 2.75) is 6.92 Å². The van der Waals surface area contributed by atoms with Crippen LogP contribution in [0.2, 0.25) is 0 Å². The molecule has 12 heavy (non-hydrogen) atoms. The Morgan fingerprint density at radius 2 is 1.83 bits per heavy atom. The van der Waals surface area contributed by atoms with E-state index in [-0.39, 0.29) is 11.8 Å². The molecule has 64 valence electrons. The van der Waals surface area contributed by atoms with E-state index in [1.165, 1.54) is 11.3 Å². The zero-order valence-corrected chi connectivity index (χ0v) is 14.8. The molecule has 0 heterocycles. The van der Waals surface area contributed by atoms with E-state index in [1.807, 2.05) is 0 Å². The SMILES string of the molecule is CC(=O)[C](=[W])[C](=[W])OC(=O)[CH]=[W]. The zero-order chi connectivity index (χ0) is 9.72. The summed E-state index contributed by atoms with van der Waals surface area (Å²) in [6.07, 6.45) is 0. The second-order valence-corrected chi connectivity index (χ2v) is 5.36. The van der Waals surface area contributed by atoms with Crippen LogP contribution in [0.25, 0.3) is 0 Å². The second kappa shape index (κ2) is 6.30. The fourth-order valence-corrected chi connectivity index (χ4v) is 1.44. The van der Waals surface area contributed by atoms with Crippen molar-refractivity contribution in [1.82, 2.24) is 0 Å². The Morgan fingerprint density at radius 1 is 1.33 bits per heavy atom.